The minimum absolute atomic E-state index is 0. The summed E-state index contributed by atoms with van der Waals surface area (Å²) < 4.78 is 0. The largest absolute Gasteiger partial charge is 0.391 e. The molecule has 1 saturated heterocycles. The molecule has 6 heteroatoms. The van der Waals surface area contributed by atoms with Crippen LogP contribution in [0.25, 0.3) is 0 Å². The Bertz CT molecular complexity index is 415. The molecule has 1 aliphatic rings. The van der Waals surface area contributed by atoms with E-state index in [0.29, 0.717) is 23.7 Å². The topological polar surface area (TPSA) is 61.4 Å². The van der Waals surface area contributed by atoms with E-state index in [1.807, 2.05) is 0 Å². The van der Waals surface area contributed by atoms with Gasteiger partial charge in [-0.2, -0.15) is 0 Å². The maximum atomic E-state index is 11.8. The Labute approximate surface area is 117 Å². The van der Waals surface area contributed by atoms with Gasteiger partial charge in [-0.05, 0) is 12.1 Å². The van der Waals surface area contributed by atoms with E-state index >= 15 is 0 Å². The third-order valence-electron chi connectivity index (χ3n) is 2.95. The molecule has 3 N–H and O–H groups in total. The van der Waals surface area contributed by atoms with Crippen LogP contribution in [-0.4, -0.2) is 36.8 Å². The third-order valence-corrected chi connectivity index (χ3v) is 3.28. The summed E-state index contributed by atoms with van der Waals surface area (Å²) in [5, 5.41) is 15.9. The minimum atomic E-state index is -0.387. The van der Waals surface area contributed by atoms with E-state index in [0.717, 1.165) is 6.54 Å². The zero-order chi connectivity index (χ0) is 12.3. The van der Waals surface area contributed by atoms with E-state index in [1.54, 1.807) is 24.3 Å². The average Bonchev–Trinajstić information content (AvgIpc) is 2.72. The predicted octanol–water partition coefficient (Wildman–Crippen LogP) is 1.07. The van der Waals surface area contributed by atoms with Crippen molar-refractivity contribution >= 4 is 29.9 Å². The second kappa shape index (κ2) is 6.95. The fourth-order valence-corrected chi connectivity index (χ4v) is 2.11. The Morgan fingerprint density at radius 1 is 1.44 bits per heavy atom. The van der Waals surface area contributed by atoms with Gasteiger partial charge in [-0.15, -0.1) is 12.4 Å². The first-order chi connectivity index (χ1) is 8.18. The van der Waals surface area contributed by atoms with Gasteiger partial charge in [0.2, 0.25) is 0 Å². The first-order valence-electron chi connectivity index (χ1n) is 5.60. The molecule has 1 fully saturated rings. The van der Waals surface area contributed by atoms with Crippen LogP contribution in [0.2, 0.25) is 5.02 Å². The predicted molar refractivity (Wildman–Crippen MR) is 73.4 cm³/mol. The summed E-state index contributed by atoms with van der Waals surface area (Å²) in [6.45, 7) is 1.77. The molecule has 18 heavy (non-hydrogen) atoms. The molecule has 2 atom stereocenters. The molecular formula is C12H16Cl2N2O2. The van der Waals surface area contributed by atoms with Crippen LogP contribution >= 0.6 is 24.0 Å². The van der Waals surface area contributed by atoms with Crippen LogP contribution in [-0.2, 0) is 0 Å². The van der Waals surface area contributed by atoms with Crippen molar-refractivity contribution in [3.05, 3.63) is 34.9 Å². The van der Waals surface area contributed by atoms with Crippen molar-refractivity contribution < 1.29 is 9.90 Å². The molecule has 0 aliphatic carbocycles. The van der Waals surface area contributed by atoms with Gasteiger partial charge in [-0.3, -0.25) is 4.79 Å². The molecule has 0 bridgehead atoms. The maximum Gasteiger partial charge on any atom is 0.252 e. The van der Waals surface area contributed by atoms with Crippen molar-refractivity contribution in [3.63, 3.8) is 0 Å². The van der Waals surface area contributed by atoms with Crippen LogP contribution in [0.5, 0.6) is 0 Å². The summed E-state index contributed by atoms with van der Waals surface area (Å²) in [6.07, 6.45) is -0.387. The SMILES string of the molecule is Cl.O=C(NCC1CNCC1O)c1ccccc1Cl. The maximum absolute atomic E-state index is 11.8. The Hall–Kier alpha value is -0.810. The molecule has 1 amide bonds. The van der Waals surface area contributed by atoms with Crippen LogP contribution in [0.4, 0.5) is 0 Å². The molecule has 0 saturated carbocycles. The molecule has 2 rings (SSSR count). The quantitative estimate of drug-likeness (QED) is 0.781. The van der Waals surface area contributed by atoms with Crippen molar-refractivity contribution in [2.75, 3.05) is 19.6 Å². The van der Waals surface area contributed by atoms with Crippen LogP contribution in [0.1, 0.15) is 10.4 Å². The van der Waals surface area contributed by atoms with E-state index in [1.165, 1.54) is 0 Å². The number of halogens is 2. The lowest BCUT2D eigenvalue weighted by atomic mass is 10.1. The number of carbonyl (C=O) groups excluding carboxylic acids is 1. The highest BCUT2D eigenvalue weighted by atomic mass is 35.5. The number of aliphatic hydroxyl groups is 1. The fraction of sp³-hybridized carbons (Fsp3) is 0.417. The Balaban J connectivity index is 0.00000162. The lowest BCUT2D eigenvalue weighted by Crippen LogP contribution is -2.34. The Morgan fingerprint density at radius 3 is 2.78 bits per heavy atom. The summed E-state index contributed by atoms with van der Waals surface area (Å²) in [7, 11) is 0. The van der Waals surface area contributed by atoms with Crippen molar-refractivity contribution in [2.24, 2.45) is 5.92 Å². The van der Waals surface area contributed by atoms with Gasteiger partial charge >= 0.3 is 0 Å². The van der Waals surface area contributed by atoms with Crippen LogP contribution in [0.15, 0.2) is 24.3 Å². The van der Waals surface area contributed by atoms with Gasteiger partial charge in [0, 0.05) is 25.6 Å². The molecule has 1 aromatic rings. The summed E-state index contributed by atoms with van der Waals surface area (Å²) >= 11 is 5.92. The fourth-order valence-electron chi connectivity index (χ4n) is 1.89. The van der Waals surface area contributed by atoms with Gasteiger partial charge in [0.05, 0.1) is 16.7 Å². The lowest BCUT2D eigenvalue weighted by molar-refractivity contribution is 0.0927. The van der Waals surface area contributed by atoms with Gasteiger partial charge in [0.1, 0.15) is 0 Å². The number of rotatable bonds is 3. The average molecular weight is 291 g/mol. The van der Waals surface area contributed by atoms with Crippen LogP contribution in [0.3, 0.4) is 0 Å². The molecule has 4 nitrogen and oxygen atoms in total. The molecule has 2 unspecified atom stereocenters. The summed E-state index contributed by atoms with van der Waals surface area (Å²) in [5.41, 5.74) is 0.467. The minimum Gasteiger partial charge on any atom is -0.391 e. The number of β-amino-alcohol motifs (C(OH)–C–C–N with tert-alkyl or cyclic N) is 1. The van der Waals surface area contributed by atoms with E-state index in [9.17, 15) is 9.90 Å². The molecule has 1 aliphatic heterocycles. The van der Waals surface area contributed by atoms with Crippen molar-refractivity contribution in [2.45, 2.75) is 6.10 Å². The van der Waals surface area contributed by atoms with Crippen molar-refractivity contribution in [1.29, 1.82) is 0 Å². The van der Waals surface area contributed by atoms with E-state index < -0.39 is 0 Å². The number of hydrogen-bond acceptors (Lipinski definition) is 3. The zero-order valence-electron chi connectivity index (χ0n) is 9.73. The first kappa shape index (κ1) is 15.2. The highest BCUT2D eigenvalue weighted by Gasteiger charge is 2.25. The normalized spacial score (nSPS) is 22.3. The van der Waals surface area contributed by atoms with E-state index in [-0.39, 0.29) is 30.3 Å². The Kier molecular flexibility index (Phi) is 5.88. The zero-order valence-corrected chi connectivity index (χ0v) is 11.3. The highest BCUT2D eigenvalue weighted by molar-refractivity contribution is 6.33. The summed E-state index contributed by atoms with van der Waals surface area (Å²) in [6, 6.07) is 6.92. The molecule has 100 valence electrons. The second-order valence-electron chi connectivity index (χ2n) is 4.18. The van der Waals surface area contributed by atoms with Gasteiger partial charge < -0.3 is 15.7 Å². The van der Waals surface area contributed by atoms with Gasteiger partial charge in [-0.1, -0.05) is 23.7 Å². The first-order valence-corrected chi connectivity index (χ1v) is 5.98. The number of aliphatic hydroxyl groups excluding tert-OH is 1. The van der Waals surface area contributed by atoms with E-state index in [4.69, 9.17) is 11.6 Å². The van der Waals surface area contributed by atoms with Crippen molar-refractivity contribution in [1.82, 2.24) is 10.6 Å². The van der Waals surface area contributed by atoms with Crippen LogP contribution < -0.4 is 10.6 Å². The third kappa shape index (κ3) is 3.59. The molecule has 1 aromatic carbocycles. The number of hydrogen-bond donors (Lipinski definition) is 3. The lowest BCUT2D eigenvalue weighted by Gasteiger charge is -2.14. The molecule has 0 spiro atoms. The van der Waals surface area contributed by atoms with Crippen molar-refractivity contribution in [3.8, 4) is 0 Å². The molecule has 0 radical (unpaired) electrons. The number of amides is 1. The number of carbonyl (C=O) groups is 1. The van der Waals surface area contributed by atoms with Gasteiger partial charge in [0.15, 0.2) is 0 Å². The molecular weight excluding hydrogens is 275 g/mol. The smallest absolute Gasteiger partial charge is 0.252 e. The summed E-state index contributed by atoms with van der Waals surface area (Å²) in [4.78, 5) is 11.8. The van der Waals surface area contributed by atoms with Gasteiger partial charge in [-0.25, -0.2) is 0 Å². The Morgan fingerprint density at radius 2 is 2.17 bits per heavy atom. The molecule has 0 aromatic heterocycles. The van der Waals surface area contributed by atoms with Crippen LogP contribution in [0, 0.1) is 5.92 Å². The monoisotopic (exact) mass is 290 g/mol. The standard InChI is InChI=1S/C12H15ClN2O2.ClH/c13-10-4-2-1-3-9(10)12(17)15-6-8-5-14-7-11(8)16;/h1-4,8,11,14,16H,5-7H2,(H,15,17);1H. The number of benzene rings is 1. The number of nitrogens with one attached hydrogen (secondary N) is 2. The second-order valence-corrected chi connectivity index (χ2v) is 4.58. The van der Waals surface area contributed by atoms with Gasteiger partial charge in [0.25, 0.3) is 5.91 Å². The summed E-state index contributed by atoms with van der Waals surface area (Å²) in [5.74, 6) is -0.129. The molecule has 1 heterocycles. The highest BCUT2D eigenvalue weighted by Crippen LogP contribution is 2.15. The van der Waals surface area contributed by atoms with E-state index in [2.05, 4.69) is 10.6 Å².